The summed E-state index contributed by atoms with van der Waals surface area (Å²) in [6.45, 7) is 6.65. The van der Waals surface area contributed by atoms with Crippen LogP contribution in [-0.2, 0) is 19.5 Å². The summed E-state index contributed by atoms with van der Waals surface area (Å²) in [5, 5.41) is 2.15. The minimum absolute atomic E-state index is 0.00855. The fraction of sp³-hybridized carbons (Fsp3) is 0.227. The largest absolute Gasteiger partial charge is 0.497 e. The van der Waals surface area contributed by atoms with Crippen molar-refractivity contribution >= 4 is 27.4 Å². The van der Waals surface area contributed by atoms with E-state index in [0.717, 1.165) is 18.4 Å². The molecule has 1 aliphatic rings. The van der Waals surface area contributed by atoms with Gasteiger partial charge in [0.2, 0.25) is 9.92 Å². The van der Waals surface area contributed by atoms with Crippen LogP contribution in [0.2, 0.25) is 0 Å². The molecular weight excluding hydrogens is 454 g/mol. The van der Waals surface area contributed by atoms with Crippen molar-refractivity contribution in [2.45, 2.75) is 19.3 Å². The van der Waals surface area contributed by atoms with E-state index in [-0.39, 0.29) is 40.9 Å². The lowest BCUT2D eigenvalue weighted by Crippen LogP contribution is -2.31. The summed E-state index contributed by atoms with van der Waals surface area (Å²) in [6.07, 6.45) is 1.78. The maximum Gasteiger partial charge on any atom is 0.260 e. The Labute approximate surface area is 194 Å². The molecule has 0 aromatic heterocycles. The Kier molecular flexibility index (Phi) is 5.89. The fourth-order valence-corrected chi connectivity index (χ4v) is 4.03. The van der Waals surface area contributed by atoms with Crippen molar-refractivity contribution in [1.29, 1.82) is 0 Å². The Bertz CT molecular complexity index is 1400. The van der Waals surface area contributed by atoms with Gasteiger partial charge in [0, 0.05) is 17.4 Å². The second-order valence-electron chi connectivity index (χ2n) is 7.12. The number of benzene rings is 2. The summed E-state index contributed by atoms with van der Waals surface area (Å²) in [5.74, 6) is -3.98. The first-order valence-corrected chi connectivity index (χ1v) is 11.4. The molecular formula is C22H20F2N4O4S. The summed E-state index contributed by atoms with van der Waals surface area (Å²) >= 11 is 0. The van der Waals surface area contributed by atoms with E-state index in [1.54, 1.807) is 0 Å². The number of ether oxygens (including phenoxy) is 1. The number of nitrogens with zero attached hydrogens (tertiary/aromatic N) is 2. The minimum atomic E-state index is -3.34. The van der Waals surface area contributed by atoms with Gasteiger partial charge in [-0.25, -0.2) is 13.0 Å². The zero-order valence-electron chi connectivity index (χ0n) is 20.3. The Morgan fingerprint density at radius 3 is 2.45 bits per heavy atom. The van der Waals surface area contributed by atoms with E-state index in [0.29, 0.717) is 6.42 Å². The first kappa shape index (κ1) is 19.9. The Hall–Kier alpha value is -3.78. The molecule has 0 bridgehead atoms. The Balaban J connectivity index is 1.86. The predicted molar refractivity (Wildman–Crippen MR) is 119 cm³/mol. The van der Waals surface area contributed by atoms with Crippen molar-refractivity contribution in [1.82, 2.24) is 4.72 Å². The monoisotopic (exact) mass is 477 g/mol. The number of rotatable bonds is 6. The first-order chi connectivity index (χ1) is 16.8. The molecule has 0 saturated heterocycles. The minimum Gasteiger partial charge on any atom is -0.497 e. The molecule has 2 N–H and O–H groups in total. The molecule has 0 heterocycles. The highest BCUT2D eigenvalue weighted by molar-refractivity contribution is 7.91. The van der Waals surface area contributed by atoms with Crippen LogP contribution in [-0.4, -0.2) is 29.3 Å². The standard InChI is InChI=1S/C22H20F2N4O4S/c1-25-28-33(3,31)27-22(30)17-9-5-8-16(17)21(29)26-20-18(23)11-14(12-19(20)24)13-6-4-7-15(10-13)32-2/h4,6-7,10-12H,5,8-9H2,2-3H3,(H,26,29)(H,27,28,30,31)/i2D3. The molecule has 0 saturated carbocycles. The number of methoxy groups -OCH3 is 1. The van der Waals surface area contributed by atoms with Crippen LogP contribution >= 0.6 is 0 Å². The average molecular weight is 478 g/mol. The molecule has 8 nitrogen and oxygen atoms in total. The number of hydrogen-bond acceptors (Lipinski definition) is 5. The normalized spacial score (nSPS) is 16.5. The molecule has 1 aliphatic carbocycles. The molecule has 3 rings (SSSR count). The van der Waals surface area contributed by atoms with Crippen LogP contribution < -0.4 is 14.8 Å². The summed E-state index contributed by atoms with van der Waals surface area (Å²) < 4.78 is 73.3. The summed E-state index contributed by atoms with van der Waals surface area (Å²) in [6, 6.07) is 7.57. The van der Waals surface area contributed by atoms with E-state index in [1.807, 2.05) is 0 Å². The topological polar surface area (TPSA) is 101 Å². The third kappa shape index (κ3) is 5.53. The summed E-state index contributed by atoms with van der Waals surface area (Å²) in [4.78, 5) is 27.9. The third-order valence-electron chi connectivity index (χ3n) is 4.81. The highest BCUT2D eigenvalue weighted by Gasteiger charge is 2.28. The lowest BCUT2D eigenvalue weighted by atomic mass is 10.0. The van der Waals surface area contributed by atoms with Crippen molar-refractivity contribution in [3.8, 4) is 16.9 Å². The van der Waals surface area contributed by atoms with Crippen molar-refractivity contribution < 1.29 is 31.4 Å². The molecule has 2 aromatic carbocycles. The van der Waals surface area contributed by atoms with Crippen molar-refractivity contribution in [2.75, 3.05) is 18.6 Å². The fourth-order valence-electron chi connectivity index (χ4n) is 3.36. The maximum atomic E-state index is 14.8. The van der Waals surface area contributed by atoms with Gasteiger partial charge in [-0.2, -0.15) is 6.57 Å². The average Bonchev–Trinajstić information content (AvgIpc) is 3.25. The van der Waals surface area contributed by atoms with E-state index >= 15 is 0 Å². The van der Waals surface area contributed by atoms with E-state index in [4.69, 9.17) is 15.4 Å². The van der Waals surface area contributed by atoms with Gasteiger partial charge in [-0.15, -0.1) is 4.95 Å². The SMILES string of the molecule is [2H]C([2H])([2H])Oc1cccc(-c2cc(F)c(NC(=O)C3=C(C(=O)NS(C)(=O)=N[N+]#[C-])CCC3)c(F)c2)c1. The zero-order chi connectivity index (χ0) is 26.7. The van der Waals surface area contributed by atoms with Crippen LogP contribution in [0.5, 0.6) is 5.75 Å². The molecule has 0 aliphatic heterocycles. The van der Waals surface area contributed by atoms with Crippen LogP contribution in [0.3, 0.4) is 0 Å². The smallest absolute Gasteiger partial charge is 0.260 e. The second-order valence-corrected chi connectivity index (χ2v) is 9.10. The summed E-state index contributed by atoms with van der Waals surface area (Å²) in [7, 11) is -6.04. The lowest BCUT2D eigenvalue weighted by Gasteiger charge is -2.12. The molecule has 2 aromatic rings. The summed E-state index contributed by atoms with van der Waals surface area (Å²) in [5.41, 5.74) is -0.424. The number of halogens is 2. The number of amides is 2. The van der Waals surface area contributed by atoms with Gasteiger partial charge in [0.15, 0.2) is 4.47 Å². The van der Waals surface area contributed by atoms with Gasteiger partial charge < -0.3 is 10.1 Å². The molecule has 172 valence electrons. The first-order valence-electron chi connectivity index (χ1n) is 11.0. The number of carbonyl (C=O) groups is 2. The van der Waals surface area contributed by atoms with Crippen LogP contribution in [0.4, 0.5) is 14.5 Å². The molecule has 1 atom stereocenters. The second kappa shape index (κ2) is 9.79. The number of anilines is 1. The van der Waals surface area contributed by atoms with Gasteiger partial charge in [0.1, 0.15) is 23.1 Å². The van der Waals surface area contributed by atoms with Gasteiger partial charge in [-0.3, -0.25) is 14.3 Å². The zero-order valence-corrected chi connectivity index (χ0v) is 18.1. The molecule has 33 heavy (non-hydrogen) atoms. The van der Waals surface area contributed by atoms with Gasteiger partial charge in [0.25, 0.3) is 11.8 Å². The van der Waals surface area contributed by atoms with Crippen molar-refractivity contribution in [2.24, 2.45) is 4.47 Å². The lowest BCUT2D eigenvalue weighted by molar-refractivity contribution is -0.117. The highest BCUT2D eigenvalue weighted by Crippen LogP contribution is 2.31. The van der Waals surface area contributed by atoms with E-state index in [2.05, 4.69) is 19.5 Å². The Morgan fingerprint density at radius 1 is 1.15 bits per heavy atom. The van der Waals surface area contributed by atoms with Crippen molar-refractivity contribution in [3.05, 3.63) is 70.7 Å². The van der Waals surface area contributed by atoms with Crippen LogP contribution in [0, 0.1) is 18.2 Å². The third-order valence-corrected chi connectivity index (χ3v) is 5.77. The van der Waals surface area contributed by atoms with Gasteiger partial charge in [0.05, 0.1) is 11.2 Å². The van der Waals surface area contributed by atoms with Crippen LogP contribution in [0.1, 0.15) is 23.4 Å². The highest BCUT2D eigenvalue weighted by atomic mass is 32.2. The molecule has 0 fully saturated rings. The Morgan fingerprint density at radius 2 is 1.82 bits per heavy atom. The molecule has 0 radical (unpaired) electrons. The maximum absolute atomic E-state index is 14.8. The van der Waals surface area contributed by atoms with Crippen molar-refractivity contribution in [3.63, 3.8) is 0 Å². The number of hydrogen-bond donors (Lipinski definition) is 2. The molecule has 0 spiro atoms. The van der Waals surface area contributed by atoms with Gasteiger partial charge in [-0.1, -0.05) is 12.1 Å². The molecule has 2 amide bonds. The van der Waals surface area contributed by atoms with E-state index in [9.17, 15) is 22.6 Å². The van der Waals surface area contributed by atoms with Crippen LogP contribution in [0.25, 0.3) is 16.1 Å². The molecule has 1 unspecified atom stereocenters. The quantitative estimate of drug-likeness (QED) is 0.485. The number of nitrogens with one attached hydrogen (secondary N) is 2. The number of carbonyl (C=O) groups excluding carboxylic acids is 2. The van der Waals surface area contributed by atoms with E-state index < -0.39 is 46.1 Å². The van der Waals surface area contributed by atoms with Gasteiger partial charge in [-0.05, 0) is 54.7 Å². The van der Waals surface area contributed by atoms with E-state index in [1.165, 1.54) is 24.3 Å². The molecule has 11 heteroatoms. The predicted octanol–water partition coefficient (Wildman–Crippen LogP) is 4.02. The van der Waals surface area contributed by atoms with Gasteiger partial charge >= 0.3 is 0 Å². The van der Waals surface area contributed by atoms with Crippen LogP contribution in [0.15, 0.2) is 52.0 Å².